The summed E-state index contributed by atoms with van der Waals surface area (Å²) in [5.74, 6) is 0.381. The lowest BCUT2D eigenvalue weighted by Crippen LogP contribution is -1.90. The van der Waals surface area contributed by atoms with Gasteiger partial charge in [-0.25, -0.2) is 14.4 Å². The van der Waals surface area contributed by atoms with Crippen molar-refractivity contribution in [1.29, 1.82) is 0 Å². The molecule has 0 atom stereocenters. The molecule has 0 fully saturated rings. The summed E-state index contributed by atoms with van der Waals surface area (Å²) < 4.78 is 18.6. The van der Waals surface area contributed by atoms with Crippen LogP contribution in [0, 0.1) is 12.7 Å². The highest BCUT2D eigenvalue weighted by molar-refractivity contribution is 7.18. The second kappa shape index (κ2) is 4.75. The number of hydrogen-bond acceptors (Lipinski definition) is 4. The largest absolute Gasteiger partial charge is 0.437 e. The fourth-order valence-electron chi connectivity index (χ4n) is 1.70. The molecule has 0 amide bonds. The fraction of sp³-hybridized carbons (Fsp3) is 0.0769. The zero-order valence-electron chi connectivity index (χ0n) is 9.85. The first-order chi connectivity index (χ1) is 9.13. The van der Waals surface area contributed by atoms with Crippen LogP contribution in [0.15, 0.2) is 30.6 Å². The highest BCUT2D eigenvalue weighted by Gasteiger charge is 2.11. The first-order valence-corrected chi connectivity index (χ1v) is 6.67. The molecule has 3 aromatic rings. The molecule has 0 spiro atoms. The number of aromatic nitrogens is 2. The van der Waals surface area contributed by atoms with E-state index in [1.807, 2.05) is 13.0 Å². The summed E-state index contributed by atoms with van der Waals surface area (Å²) in [6.45, 7) is 1.99. The summed E-state index contributed by atoms with van der Waals surface area (Å²) in [4.78, 5) is 10.2. The van der Waals surface area contributed by atoms with E-state index in [0.29, 0.717) is 11.6 Å². The molecule has 19 heavy (non-hydrogen) atoms. The number of benzene rings is 1. The number of thiophene rings is 1. The van der Waals surface area contributed by atoms with Gasteiger partial charge in [-0.15, -0.1) is 11.3 Å². The second-order valence-corrected chi connectivity index (χ2v) is 5.57. The minimum Gasteiger partial charge on any atom is -0.437 e. The zero-order valence-corrected chi connectivity index (χ0v) is 11.4. The molecule has 0 radical (unpaired) electrons. The zero-order chi connectivity index (χ0) is 13.4. The van der Waals surface area contributed by atoms with Crippen LogP contribution in [0.2, 0.25) is 5.02 Å². The highest BCUT2D eigenvalue weighted by Crippen LogP contribution is 2.34. The third-order valence-corrected chi connectivity index (χ3v) is 3.77. The predicted molar refractivity (Wildman–Crippen MR) is 73.6 cm³/mol. The molecule has 0 unspecified atom stereocenters. The molecular weight excluding hydrogens is 287 g/mol. The maximum Gasteiger partial charge on any atom is 0.231 e. The predicted octanol–water partition coefficient (Wildman–Crippen LogP) is 4.58. The minimum atomic E-state index is -0.406. The van der Waals surface area contributed by atoms with Crippen molar-refractivity contribution in [3.63, 3.8) is 0 Å². The van der Waals surface area contributed by atoms with Gasteiger partial charge in [0.25, 0.3) is 0 Å². The number of nitrogens with zero attached hydrogens (tertiary/aromatic N) is 2. The molecule has 0 bridgehead atoms. The Bertz CT molecular complexity index is 759. The molecule has 0 N–H and O–H groups in total. The maximum absolute atomic E-state index is 13.0. The molecule has 1 aromatic carbocycles. The maximum atomic E-state index is 13.0. The average molecular weight is 295 g/mol. The van der Waals surface area contributed by atoms with Crippen LogP contribution < -0.4 is 4.74 Å². The second-order valence-electron chi connectivity index (χ2n) is 3.93. The quantitative estimate of drug-likeness (QED) is 0.693. The lowest BCUT2D eigenvalue weighted by atomic mass is 10.3. The van der Waals surface area contributed by atoms with Crippen LogP contribution in [-0.2, 0) is 0 Å². The van der Waals surface area contributed by atoms with Crippen LogP contribution in [0.3, 0.4) is 0 Å². The Morgan fingerprint density at radius 2 is 2.11 bits per heavy atom. The number of aryl methyl sites for hydroxylation is 1. The highest BCUT2D eigenvalue weighted by atomic mass is 35.5. The lowest BCUT2D eigenvalue weighted by molar-refractivity contribution is 0.467. The summed E-state index contributed by atoms with van der Waals surface area (Å²) in [6.07, 6.45) is 1.44. The summed E-state index contributed by atoms with van der Waals surface area (Å²) >= 11 is 7.49. The van der Waals surface area contributed by atoms with Gasteiger partial charge in [0.15, 0.2) is 0 Å². The van der Waals surface area contributed by atoms with E-state index in [1.54, 1.807) is 11.3 Å². The van der Waals surface area contributed by atoms with Crippen LogP contribution in [-0.4, -0.2) is 9.97 Å². The van der Waals surface area contributed by atoms with Gasteiger partial charge in [-0.05, 0) is 31.2 Å². The smallest absolute Gasteiger partial charge is 0.231 e. The third-order valence-electron chi connectivity index (χ3n) is 2.52. The summed E-state index contributed by atoms with van der Waals surface area (Å²) in [7, 11) is 0. The SMILES string of the molecule is Cc1cc2c(Oc3ccc(F)cc3Cl)ncnc2s1. The van der Waals surface area contributed by atoms with E-state index < -0.39 is 5.82 Å². The first kappa shape index (κ1) is 12.3. The van der Waals surface area contributed by atoms with E-state index >= 15 is 0 Å². The van der Waals surface area contributed by atoms with E-state index in [0.717, 1.165) is 15.1 Å². The Morgan fingerprint density at radius 3 is 2.89 bits per heavy atom. The van der Waals surface area contributed by atoms with Crippen molar-refractivity contribution in [3.8, 4) is 11.6 Å². The molecule has 0 saturated carbocycles. The Hall–Kier alpha value is -1.72. The number of ether oxygens (including phenoxy) is 1. The summed E-state index contributed by atoms with van der Waals surface area (Å²) in [5.41, 5.74) is 0. The van der Waals surface area contributed by atoms with E-state index in [-0.39, 0.29) is 5.02 Å². The van der Waals surface area contributed by atoms with E-state index in [9.17, 15) is 4.39 Å². The monoisotopic (exact) mass is 294 g/mol. The summed E-state index contributed by atoms with van der Waals surface area (Å²) in [6, 6.07) is 5.92. The molecule has 3 rings (SSSR count). The van der Waals surface area contributed by atoms with E-state index in [1.165, 1.54) is 24.5 Å². The molecule has 2 heterocycles. The van der Waals surface area contributed by atoms with Crippen molar-refractivity contribution in [3.05, 3.63) is 46.3 Å². The van der Waals surface area contributed by atoms with Gasteiger partial charge in [0.05, 0.1) is 10.4 Å². The summed E-state index contributed by atoms with van der Waals surface area (Å²) in [5, 5.41) is 1.03. The van der Waals surface area contributed by atoms with Gasteiger partial charge in [-0.2, -0.15) is 0 Å². The minimum absolute atomic E-state index is 0.207. The van der Waals surface area contributed by atoms with Crippen molar-refractivity contribution in [2.45, 2.75) is 6.92 Å². The van der Waals surface area contributed by atoms with Gasteiger partial charge in [-0.3, -0.25) is 0 Å². The average Bonchev–Trinajstić information content (AvgIpc) is 2.74. The Kier molecular flexibility index (Phi) is 3.08. The van der Waals surface area contributed by atoms with Crippen molar-refractivity contribution >= 4 is 33.2 Å². The molecule has 96 valence electrons. The van der Waals surface area contributed by atoms with E-state index in [2.05, 4.69) is 9.97 Å². The van der Waals surface area contributed by atoms with Crippen LogP contribution >= 0.6 is 22.9 Å². The lowest BCUT2D eigenvalue weighted by Gasteiger charge is -2.06. The van der Waals surface area contributed by atoms with Gasteiger partial charge in [0.2, 0.25) is 5.88 Å². The molecule has 6 heteroatoms. The molecule has 0 aliphatic rings. The van der Waals surface area contributed by atoms with Crippen molar-refractivity contribution < 1.29 is 9.13 Å². The molecule has 0 aliphatic carbocycles. The number of fused-ring (bicyclic) bond motifs is 1. The van der Waals surface area contributed by atoms with E-state index in [4.69, 9.17) is 16.3 Å². The molecule has 2 aromatic heterocycles. The Balaban J connectivity index is 2.05. The third kappa shape index (κ3) is 2.39. The normalized spacial score (nSPS) is 10.9. The van der Waals surface area contributed by atoms with Crippen LogP contribution in [0.5, 0.6) is 11.6 Å². The standard InChI is InChI=1S/C13H8ClFN2OS/c1-7-4-9-12(16-6-17-13(9)19-7)18-11-3-2-8(15)5-10(11)14/h2-6H,1H3. The Morgan fingerprint density at radius 1 is 1.26 bits per heavy atom. The van der Waals surface area contributed by atoms with Gasteiger partial charge in [-0.1, -0.05) is 11.6 Å². The van der Waals surface area contributed by atoms with Crippen molar-refractivity contribution in [2.75, 3.05) is 0 Å². The van der Waals surface area contributed by atoms with Gasteiger partial charge in [0, 0.05) is 4.88 Å². The van der Waals surface area contributed by atoms with Crippen molar-refractivity contribution in [2.24, 2.45) is 0 Å². The van der Waals surface area contributed by atoms with Crippen LogP contribution in [0.4, 0.5) is 4.39 Å². The van der Waals surface area contributed by atoms with Gasteiger partial charge < -0.3 is 4.74 Å². The first-order valence-electron chi connectivity index (χ1n) is 5.47. The Labute approximate surface area is 117 Å². The molecule has 0 saturated heterocycles. The topological polar surface area (TPSA) is 35.0 Å². The number of halogens is 2. The molecule has 3 nitrogen and oxygen atoms in total. The van der Waals surface area contributed by atoms with Gasteiger partial charge >= 0.3 is 0 Å². The van der Waals surface area contributed by atoms with Crippen LogP contribution in [0.1, 0.15) is 4.88 Å². The van der Waals surface area contributed by atoms with Crippen molar-refractivity contribution in [1.82, 2.24) is 9.97 Å². The number of rotatable bonds is 2. The van der Waals surface area contributed by atoms with Crippen LogP contribution in [0.25, 0.3) is 10.2 Å². The number of hydrogen-bond donors (Lipinski definition) is 0. The molecule has 0 aliphatic heterocycles. The van der Waals surface area contributed by atoms with Gasteiger partial charge in [0.1, 0.15) is 22.7 Å². The fourth-order valence-corrected chi connectivity index (χ4v) is 2.74. The molecular formula is C13H8ClFN2OS.